The first-order chi connectivity index (χ1) is 9.30. The van der Waals surface area contributed by atoms with Gasteiger partial charge < -0.3 is 4.90 Å². The Balaban J connectivity index is 2.33. The molecule has 1 aliphatic carbocycles. The van der Waals surface area contributed by atoms with E-state index in [-0.39, 0.29) is 27.4 Å². The molecule has 2 rings (SSSR count). The van der Waals surface area contributed by atoms with Gasteiger partial charge in [-0.25, -0.2) is 8.42 Å². The lowest BCUT2D eigenvalue weighted by atomic mass is 10.1. The van der Waals surface area contributed by atoms with Crippen molar-refractivity contribution in [3.63, 3.8) is 0 Å². The maximum absolute atomic E-state index is 12.4. The van der Waals surface area contributed by atoms with Gasteiger partial charge in [0.25, 0.3) is 15.0 Å². The minimum absolute atomic E-state index is 0.119. The fourth-order valence-electron chi connectivity index (χ4n) is 2.47. The summed E-state index contributed by atoms with van der Waals surface area (Å²) in [6, 6.07) is 4.09. The van der Waals surface area contributed by atoms with E-state index in [0.717, 1.165) is 25.7 Å². The molecule has 0 atom stereocenters. The van der Waals surface area contributed by atoms with E-state index in [1.807, 2.05) is 0 Å². The van der Waals surface area contributed by atoms with Gasteiger partial charge in [0.15, 0.2) is 0 Å². The summed E-state index contributed by atoms with van der Waals surface area (Å²) in [5.41, 5.74) is 0.169. The molecule has 0 saturated heterocycles. The molecular formula is C13H15Cl2NO3S. The van der Waals surface area contributed by atoms with Crippen molar-refractivity contribution in [2.45, 2.75) is 36.6 Å². The average Bonchev–Trinajstić information content (AvgIpc) is 2.90. The number of carbonyl (C=O) groups is 1. The van der Waals surface area contributed by atoms with Gasteiger partial charge in [-0.05, 0) is 31.0 Å². The molecule has 4 nitrogen and oxygen atoms in total. The molecule has 1 aliphatic rings. The quantitative estimate of drug-likeness (QED) is 0.796. The highest BCUT2D eigenvalue weighted by Gasteiger charge is 2.26. The molecule has 0 spiro atoms. The molecular weight excluding hydrogens is 321 g/mol. The molecule has 0 bridgehead atoms. The largest absolute Gasteiger partial charge is 0.339 e. The van der Waals surface area contributed by atoms with Crippen LogP contribution in [0, 0.1) is 0 Å². The maximum Gasteiger partial charge on any atom is 0.261 e. The standard InChI is InChI=1S/C13H15Cl2NO3S/c1-16(9-4-2-3-5-9)13(17)11-8-10(20(15,18)19)6-7-12(11)14/h6-9H,2-5H2,1H3. The van der Waals surface area contributed by atoms with Crippen LogP contribution in [-0.2, 0) is 9.05 Å². The van der Waals surface area contributed by atoms with Gasteiger partial charge in [-0.15, -0.1) is 0 Å². The van der Waals surface area contributed by atoms with Crippen LogP contribution in [0.1, 0.15) is 36.0 Å². The molecule has 0 heterocycles. The predicted molar refractivity (Wildman–Crippen MR) is 78.8 cm³/mol. The third-order valence-corrected chi connectivity index (χ3v) is 5.32. The first-order valence-corrected chi connectivity index (χ1v) is 9.01. The van der Waals surface area contributed by atoms with Crippen LogP contribution in [0.15, 0.2) is 23.1 Å². The van der Waals surface area contributed by atoms with Gasteiger partial charge in [0.05, 0.1) is 15.5 Å². The number of amides is 1. The molecule has 0 N–H and O–H groups in total. The maximum atomic E-state index is 12.4. The van der Waals surface area contributed by atoms with Crippen molar-refractivity contribution in [1.29, 1.82) is 0 Å². The molecule has 7 heteroatoms. The number of nitrogens with zero attached hydrogens (tertiary/aromatic N) is 1. The molecule has 1 aromatic carbocycles. The van der Waals surface area contributed by atoms with Crippen LogP contribution in [0.2, 0.25) is 5.02 Å². The lowest BCUT2D eigenvalue weighted by molar-refractivity contribution is 0.0735. The van der Waals surface area contributed by atoms with E-state index in [1.165, 1.54) is 18.2 Å². The van der Waals surface area contributed by atoms with Gasteiger partial charge in [0.2, 0.25) is 0 Å². The highest BCUT2D eigenvalue weighted by atomic mass is 35.7. The summed E-state index contributed by atoms with van der Waals surface area (Å²) in [5.74, 6) is -0.274. The Morgan fingerprint density at radius 1 is 1.30 bits per heavy atom. The lowest BCUT2D eigenvalue weighted by Gasteiger charge is -2.24. The van der Waals surface area contributed by atoms with Crippen molar-refractivity contribution in [2.24, 2.45) is 0 Å². The minimum atomic E-state index is -3.88. The first-order valence-electron chi connectivity index (χ1n) is 6.32. The van der Waals surface area contributed by atoms with Crippen molar-refractivity contribution in [3.8, 4) is 0 Å². The van der Waals surface area contributed by atoms with Crippen LogP contribution in [0.5, 0.6) is 0 Å². The second-order valence-electron chi connectivity index (χ2n) is 4.93. The number of hydrogen-bond acceptors (Lipinski definition) is 3. The topological polar surface area (TPSA) is 54.5 Å². The molecule has 110 valence electrons. The van der Waals surface area contributed by atoms with Crippen LogP contribution in [0.25, 0.3) is 0 Å². The van der Waals surface area contributed by atoms with E-state index >= 15 is 0 Å². The molecule has 0 aromatic heterocycles. The zero-order chi connectivity index (χ0) is 14.9. The number of rotatable bonds is 3. The zero-order valence-corrected chi connectivity index (χ0v) is 13.3. The Labute approximate surface area is 128 Å². The highest BCUT2D eigenvalue weighted by Crippen LogP contribution is 2.27. The minimum Gasteiger partial charge on any atom is -0.339 e. The van der Waals surface area contributed by atoms with Gasteiger partial charge in [-0.3, -0.25) is 4.79 Å². The lowest BCUT2D eigenvalue weighted by Crippen LogP contribution is -2.35. The Morgan fingerprint density at radius 3 is 2.45 bits per heavy atom. The van der Waals surface area contributed by atoms with Crippen LogP contribution in [0.4, 0.5) is 0 Å². The second-order valence-corrected chi connectivity index (χ2v) is 7.91. The number of halogens is 2. The van der Waals surface area contributed by atoms with Crippen molar-refractivity contribution in [1.82, 2.24) is 4.90 Å². The number of benzene rings is 1. The Morgan fingerprint density at radius 2 is 1.90 bits per heavy atom. The smallest absolute Gasteiger partial charge is 0.261 e. The van der Waals surface area contributed by atoms with E-state index in [4.69, 9.17) is 22.3 Å². The summed E-state index contributed by atoms with van der Waals surface area (Å²) < 4.78 is 22.7. The van der Waals surface area contributed by atoms with Crippen LogP contribution < -0.4 is 0 Å². The monoisotopic (exact) mass is 335 g/mol. The summed E-state index contributed by atoms with van der Waals surface area (Å²) in [4.78, 5) is 14.0. The molecule has 20 heavy (non-hydrogen) atoms. The highest BCUT2D eigenvalue weighted by molar-refractivity contribution is 8.13. The molecule has 1 amide bonds. The normalized spacial score (nSPS) is 16.4. The van der Waals surface area contributed by atoms with E-state index in [2.05, 4.69) is 0 Å². The number of carbonyl (C=O) groups excluding carboxylic acids is 1. The molecule has 1 saturated carbocycles. The van der Waals surface area contributed by atoms with Crippen molar-refractivity contribution in [3.05, 3.63) is 28.8 Å². The Kier molecular flexibility index (Phi) is 4.62. The fraction of sp³-hybridized carbons (Fsp3) is 0.462. The van der Waals surface area contributed by atoms with E-state index in [0.29, 0.717) is 0 Å². The van der Waals surface area contributed by atoms with Crippen LogP contribution >= 0.6 is 22.3 Å². The molecule has 0 radical (unpaired) electrons. The van der Waals surface area contributed by atoms with Gasteiger partial charge in [-0.1, -0.05) is 24.4 Å². The third kappa shape index (κ3) is 3.27. The van der Waals surface area contributed by atoms with Crippen molar-refractivity contribution >= 4 is 37.2 Å². The van der Waals surface area contributed by atoms with Gasteiger partial charge in [-0.2, -0.15) is 0 Å². The van der Waals surface area contributed by atoms with Crippen LogP contribution in [-0.4, -0.2) is 32.3 Å². The Bertz CT molecular complexity index is 625. The van der Waals surface area contributed by atoms with E-state index in [9.17, 15) is 13.2 Å². The summed E-state index contributed by atoms with van der Waals surface area (Å²) in [6.07, 6.45) is 4.14. The van der Waals surface area contributed by atoms with E-state index in [1.54, 1.807) is 11.9 Å². The summed E-state index contributed by atoms with van der Waals surface area (Å²) >= 11 is 6.01. The molecule has 1 aromatic rings. The van der Waals surface area contributed by atoms with Gasteiger partial charge >= 0.3 is 0 Å². The summed E-state index contributed by atoms with van der Waals surface area (Å²) in [5, 5.41) is 0.226. The predicted octanol–water partition coefficient (Wildman–Crippen LogP) is 3.28. The van der Waals surface area contributed by atoms with Crippen molar-refractivity contribution < 1.29 is 13.2 Å². The molecule has 1 fully saturated rings. The number of hydrogen-bond donors (Lipinski definition) is 0. The van der Waals surface area contributed by atoms with Crippen molar-refractivity contribution in [2.75, 3.05) is 7.05 Å². The van der Waals surface area contributed by atoms with Crippen LogP contribution in [0.3, 0.4) is 0 Å². The van der Waals surface area contributed by atoms with E-state index < -0.39 is 9.05 Å². The fourth-order valence-corrected chi connectivity index (χ4v) is 3.44. The Hall–Kier alpha value is -0.780. The summed E-state index contributed by atoms with van der Waals surface area (Å²) in [7, 11) is 3.14. The second kappa shape index (κ2) is 5.92. The SMILES string of the molecule is CN(C(=O)c1cc(S(=O)(=O)Cl)ccc1Cl)C1CCCC1. The van der Waals surface area contributed by atoms with Gasteiger partial charge in [0, 0.05) is 23.8 Å². The third-order valence-electron chi connectivity index (χ3n) is 3.64. The molecule has 0 aliphatic heterocycles. The zero-order valence-electron chi connectivity index (χ0n) is 11.0. The summed E-state index contributed by atoms with van der Waals surface area (Å²) in [6.45, 7) is 0. The first kappa shape index (κ1) is 15.6. The molecule has 0 unspecified atom stereocenters. The average molecular weight is 336 g/mol. The van der Waals surface area contributed by atoms with Gasteiger partial charge in [0.1, 0.15) is 0 Å².